The normalized spacial score (nSPS) is 9.89. The second kappa shape index (κ2) is 3.34. The Hall–Kier alpha value is 0.140. The van der Waals surface area contributed by atoms with Crippen LogP contribution >= 0.6 is 31.9 Å². The van der Waals surface area contributed by atoms with Crippen LogP contribution in [0.1, 0.15) is 0 Å². The Labute approximate surface area is 70.5 Å². The molecule has 0 radical (unpaired) electrons. The Balaban J connectivity index is 4.65. The Morgan fingerprint density at radius 1 is 1.56 bits per heavy atom. The van der Waals surface area contributed by atoms with Gasteiger partial charge in [-0.15, -0.1) is 0 Å². The zero-order valence-corrected chi connectivity index (χ0v) is 7.99. The van der Waals surface area contributed by atoms with Crippen LogP contribution in [0.5, 0.6) is 0 Å². The van der Waals surface area contributed by atoms with E-state index in [0.717, 1.165) is 5.37 Å². The summed E-state index contributed by atoms with van der Waals surface area (Å²) < 4.78 is 18.6. The second-order valence-corrected chi connectivity index (χ2v) is 5.44. The molecule has 0 aliphatic heterocycles. The molecule has 0 heterocycles. The van der Waals surface area contributed by atoms with Gasteiger partial charge in [0.25, 0.3) is 0 Å². The van der Waals surface area contributed by atoms with Crippen LogP contribution in [0.4, 0.5) is 0 Å². The highest BCUT2D eigenvalue weighted by molar-refractivity contribution is 9.26. The van der Waals surface area contributed by atoms with Crippen LogP contribution in [0.2, 0.25) is 0 Å². The number of nitrogens with zero attached hydrogens (tertiary/aromatic N) is 1. The van der Waals surface area contributed by atoms with E-state index in [0.29, 0.717) is 0 Å². The van der Waals surface area contributed by atoms with E-state index < -0.39 is 13.5 Å². The summed E-state index contributed by atoms with van der Waals surface area (Å²) in [6.45, 7) is 0. The first-order valence-electron chi connectivity index (χ1n) is 1.71. The number of nitriles is 1. The maximum Gasteiger partial charge on any atom is 0.213 e. The van der Waals surface area contributed by atoms with Crippen molar-refractivity contribution in [1.82, 2.24) is 0 Å². The Bertz CT molecular complexity index is 252. The molecule has 0 aliphatic carbocycles. The third-order valence-electron chi connectivity index (χ3n) is 0.393. The van der Waals surface area contributed by atoms with Crippen molar-refractivity contribution in [2.24, 2.45) is 0 Å². The first kappa shape index (κ1) is 9.14. The molecule has 0 atom stereocenters. The maximum atomic E-state index is 9.91. The van der Waals surface area contributed by atoms with E-state index in [-0.39, 0.29) is 0 Å². The van der Waals surface area contributed by atoms with E-state index in [1.807, 2.05) is 0 Å². The molecule has 9 heavy (non-hydrogen) atoms. The summed E-state index contributed by atoms with van der Waals surface area (Å²) >= 11 is 5.58. The van der Waals surface area contributed by atoms with Crippen LogP contribution in [0.25, 0.3) is 0 Å². The van der Waals surface area contributed by atoms with Gasteiger partial charge in [-0.2, -0.15) is 13.7 Å². The molecule has 0 spiro atoms. The predicted octanol–water partition coefficient (Wildman–Crippen LogP) is 0.677. The highest BCUT2D eigenvalue weighted by atomic mass is 79.9. The fraction of sp³-hybridized carbons (Fsp3) is 0.333. The van der Waals surface area contributed by atoms with Gasteiger partial charge in [0, 0.05) is 0 Å². The van der Waals surface area contributed by atoms with Crippen LogP contribution < -0.4 is 0 Å². The lowest BCUT2D eigenvalue weighted by Crippen LogP contribution is -2.08. The third-order valence-corrected chi connectivity index (χ3v) is 2.36. The van der Waals surface area contributed by atoms with Gasteiger partial charge in [-0.3, -0.25) is 0 Å². The number of rotatable bonds is 1. The van der Waals surface area contributed by atoms with E-state index in [2.05, 4.69) is 31.9 Å². The molecule has 0 aromatic heterocycles. The number of halogens is 2. The molecule has 6 heteroatoms. The molecule has 0 aromatic carbocycles. The van der Waals surface area contributed by atoms with E-state index >= 15 is 0 Å². The molecule has 0 N–H and O–H groups in total. The minimum atomic E-state index is -2.33. The molecule has 50 valence electrons. The topological polar surface area (TPSA) is 57.9 Å². The van der Waals surface area contributed by atoms with Gasteiger partial charge in [-0.05, 0) is 0 Å². The molecular formula is C3HBr2NO2S. The largest absolute Gasteiger partial charge is 0.213 e. The first-order valence-corrected chi connectivity index (χ1v) is 4.43. The summed E-state index contributed by atoms with van der Waals surface area (Å²) in [6.07, 6.45) is 0. The average Bonchev–Trinajstić information content (AvgIpc) is 1.63. The second-order valence-electron chi connectivity index (χ2n) is 1.11. The summed E-state index contributed by atoms with van der Waals surface area (Å²) in [5.74, 6) is 0. The molecular weight excluding hydrogens is 274 g/mol. The van der Waals surface area contributed by atoms with Gasteiger partial charge < -0.3 is 0 Å². The van der Waals surface area contributed by atoms with Gasteiger partial charge in [0.2, 0.25) is 10.3 Å². The lowest BCUT2D eigenvalue weighted by molar-refractivity contribution is 0.627. The first-order chi connectivity index (χ1) is 3.98. The van der Waals surface area contributed by atoms with Crippen LogP contribution in [-0.2, 0) is 10.3 Å². The molecule has 0 fully saturated rings. The van der Waals surface area contributed by atoms with E-state index in [1.165, 1.54) is 0 Å². The zero-order chi connectivity index (χ0) is 7.49. The average molecular weight is 275 g/mol. The highest BCUT2D eigenvalue weighted by Gasteiger charge is 2.18. The van der Waals surface area contributed by atoms with Crippen molar-refractivity contribution in [1.29, 1.82) is 5.26 Å². The Morgan fingerprint density at radius 3 is 2.11 bits per heavy atom. The fourth-order valence-electron chi connectivity index (χ4n) is 0.147. The number of alkyl halides is 2. The summed E-state index contributed by atoms with van der Waals surface area (Å²) in [5.41, 5.74) is 0. The van der Waals surface area contributed by atoms with Gasteiger partial charge >= 0.3 is 0 Å². The molecule has 0 bridgehead atoms. The molecule has 0 saturated heterocycles. The van der Waals surface area contributed by atoms with Crippen LogP contribution in [0.15, 0.2) is 0 Å². The fourth-order valence-corrected chi connectivity index (χ4v) is 1.36. The van der Waals surface area contributed by atoms with Crippen molar-refractivity contribution in [2.45, 2.75) is 3.23 Å². The van der Waals surface area contributed by atoms with Crippen molar-refractivity contribution >= 4 is 47.5 Å². The Kier molecular flexibility index (Phi) is 3.40. The minimum absolute atomic E-state index is 0.799. The van der Waals surface area contributed by atoms with Gasteiger partial charge in [0.1, 0.15) is 0 Å². The summed E-state index contributed by atoms with van der Waals surface area (Å²) in [6, 6.07) is 1.66. The molecule has 0 saturated carbocycles. The van der Waals surface area contributed by atoms with Gasteiger partial charge in [-0.25, -0.2) is 0 Å². The quantitative estimate of drug-likeness (QED) is 0.522. The monoisotopic (exact) mass is 273 g/mol. The van der Waals surface area contributed by atoms with E-state index in [9.17, 15) is 8.42 Å². The SMILES string of the molecule is N#CC(Br)(Br)C=S(=O)=O. The van der Waals surface area contributed by atoms with Crippen LogP contribution in [0, 0.1) is 11.3 Å². The molecule has 0 aliphatic rings. The van der Waals surface area contributed by atoms with Crippen LogP contribution in [-0.4, -0.2) is 17.0 Å². The van der Waals surface area contributed by atoms with Gasteiger partial charge in [0.15, 0.2) is 3.23 Å². The minimum Gasteiger partial charge on any atom is -0.195 e. The molecule has 0 amide bonds. The zero-order valence-electron chi connectivity index (χ0n) is 4.01. The lowest BCUT2D eigenvalue weighted by Gasteiger charge is -1.96. The maximum absolute atomic E-state index is 9.91. The number of hydrogen-bond acceptors (Lipinski definition) is 3. The van der Waals surface area contributed by atoms with Gasteiger partial charge in [0.05, 0.1) is 11.4 Å². The summed E-state index contributed by atoms with van der Waals surface area (Å²) in [5, 5.41) is 8.99. The highest BCUT2D eigenvalue weighted by Crippen LogP contribution is 2.21. The standard InChI is InChI=1S/C3HBr2NO2S/c4-3(5,1-6)2-9(7)8/h2H. The van der Waals surface area contributed by atoms with Crippen molar-refractivity contribution in [3.63, 3.8) is 0 Å². The molecule has 0 unspecified atom stereocenters. The van der Waals surface area contributed by atoms with Crippen LogP contribution in [0.3, 0.4) is 0 Å². The van der Waals surface area contributed by atoms with Crippen molar-refractivity contribution in [2.75, 3.05) is 0 Å². The van der Waals surface area contributed by atoms with E-state index in [4.69, 9.17) is 5.26 Å². The van der Waals surface area contributed by atoms with Crippen molar-refractivity contribution < 1.29 is 8.42 Å². The molecule has 0 rings (SSSR count). The van der Waals surface area contributed by atoms with Crippen molar-refractivity contribution in [3.8, 4) is 6.07 Å². The van der Waals surface area contributed by atoms with Crippen molar-refractivity contribution in [3.05, 3.63) is 0 Å². The molecule has 0 aromatic rings. The summed E-state index contributed by atoms with van der Waals surface area (Å²) in [7, 11) is -2.33. The van der Waals surface area contributed by atoms with E-state index in [1.54, 1.807) is 6.07 Å². The third kappa shape index (κ3) is 4.63. The van der Waals surface area contributed by atoms with Gasteiger partial charge in [-0.1, -0.05) is 31.9 Å². The smallest absolute Gasteiger partial charge is 0.195 e. The predicted molar refractivity (Wildman–Crippen MR) is 41.2 cm³/mol. The summed E-state index contributed by atoms with van der Waals surface area (Å²) in [4.78, 5) is 0. The lowest BCUT2D eigenvalue weighted by atomic mass is 10.6. The molecule has 3 nitrogen and oxygen atoms in total. The number of hydrogen-bond donors (Lipinski definition) is 0. The Morgan fingerprint density at radius 2 is 2.00 bits per heavy atom.